The van der Waals surface area contributed by atoms with E-state index in [1.54, 1.807) is 12.3 Å². The van der Waals surface area contributed by atoms with Crippen molar-refractivity contribution in [1.82, 2.24) is 19.9 Å². The summed E-state index contributed by atoms with van der Waals surface area (Å²) in [5.41, 5.74) is 10.7. The van der Waals surface area contributed by atoms with E-state index in [1.165, 1.54) is 0 Å². The number of nitrogens with one attached hydrogen (secondary N) is 1. The normalized spacial score (nSPS) is 11.4. The Labute approximate surface area is 152 Å². The van der Waals surface area contributed by atoms with Crippen molar-refractivity contribution in [3.8, 4) is 22.8 Å². The Morgan fingerprint density at radius 2 is 1.89 bits per heavy atom. The molecule has 0 aliphatic rings. The molecule has 5 aromatic rings. The number of rotatable bonds is 3. The molecule has 132 valence electrons. The van der Waals surface area contributed by atoms with Gasteiger partial charge in [-0.2, -0.15) is 0 Å². The smallest absolute Gasteiger partial charge is 0.264 e. The maximum atomic E-state index is 13.1. The van der Waals surface area contributed by atoms with Crippen LogP contribution >= 0.6 is 0 Å². The molecule has 0 saturated heterocycles. The van der Waals surface area contributed by atoms with Crippen LogP contribution in [-0.2, 0) is 6.67 Å². The number of fused-ring (bicyclic) bond motifs is 2. The number of hydrogen-bond donors (Lipinski definition) is 2. The fourth-order valence-electron chi connectivity index (χ4n) is 3.05. The predicted molar refractivity (Wildman–Crippen MR) is 102 cm³/mol. The first-order valence-corrected chi connectivity index (χ1v) is 8.38. The van der Waals surface area contributed by atoms with Crippen LogP contribution in [0.3, 0.4) is 0 Å². The minimum atomic E-state index is -0.659. The molecule has 0 atom stereocenters. The van der Waals surface area contributed by atoms with Crippen LogP contribution in [0.5, 0.6) is 0 Å². The molecule has 3 heterocycles. The van der Waals surface area contributed by atoms with E-state index in [4.69, 9.17) is 10.2 Å². The minimum absolute atomic E-state index is 0.203. The molecule has 3 aromatic heterocycles. The Balaban J connectivity index is 1.58. The van der Waals surface area contributed by atoms with Gasteiger partial charge in [0.1, 0.15) is 18.0 Å². The third-order valence-corrected chi connectivity index (χ3v) is 4.46. The van der Waals surface area contributed by atoms with Crippen LogP contribution in [0.1, 0.15) is 5.56 Å². The van der Waals surface area contributed by atoms with Gasteiger partial charge in [-0.05, 0) is 35.9 Å². The molecule has 6 nitrogen and oxygen atoms in total. The first-order chi connectivity index (χ1) is 13.2. The molecular weight excluding hydrogens is 345 g/mol. The summed E-state index contributed by atoms with van der Waals surface area (Å²) in [6.07, 6.45) is 1.62. The number of para-hydroxylation sites is 2. The molecule has 0 unspecified atom stereocenters. The number of H-pyrrole nitrogens is 1. The molecule has 7 heteroatoms. The topological polar surface area (TPSA) is 93.6 Å². The lowest BCUT2D eigenvalue weighted by molar-refractivity contribution is 0.485. The predicted octanol–water partition coefficient (Wildman–Crippen LogP) is 4.48. The van der Waals surface area contributed by atoms with E-state index in [0.717, 1.165) is 22.2 Å². The monoisotopic (exact) mass is 359 g/mol. The lowest BCUT2D eigenvalue weighted by Crippen LogP contribution is -1.96. The molecule has 0 saturated carbocycles. The number of nitrogen functional groups attached to an aromatic ring is 1. The number of aromatic nitrogens is 4. The zero-order valence-corrected chi connectivity index (χ0v) is 14.1. The Hall–Kier alpha value is -3.74. The average molecular weight is 359 g/mol. The summed E-state index contributed by atoms with van der Waals surface area (Å²) in [7, 11) is 0. The molecule has 0 spiro atoms. The van der Waals surface area contributed by atoms with Gasteiger partial charge >= 0.3 is 0 Å². The molecule has 3 N–H and O–H groups in total. The highest BCUT2D eigenvalue weighted by Gasteiger charge is 2.14. The molecule has 27 heavy (non-hydrogen) atoms. The zero-order valence-electron chi connectivity index (χ0n) is 14.1. The van der Waals surface area contributed by atoms with Gasteiger partial charge in [-0.15, -0.1) is 0 Å². The molecule has 0 bridgehead atoms. The summed E-state index contributed by atoms with van der Waals surface area (Å²) in [4.78, 5) is 16.3. The second-order valence-electron chi connectivity index (χ2n) is 6.21. The summed E-state index contributed by atoms with van der Waals surface area (Å²) >= 11 is 0. The lowest BCUT2D eigenvalue weighted by Gasteiger charge is -2.05. The Morgan fingerprint density at radius 1 is 1.00 bits per heavy atom. The van der Waals surface area contributed by atoms with Gasteiger partial charge in [-0.25, -0.2) is 19.3 Å². The molecule has 0 radical (unpaired) electrons. The van der Waals surface area contributed by atoms with Gasteiger partial charge in [0.25, 0.3) is 5.89 Å². The van der Waals surface area contributed by atoms with Crippen molar-refractivity contribution in [2.75, 3.05) is 5.73 Å². The number of nitrogens with two attached hydrogens (primary N) is 1. The summed E-state index contributed by atoms with van der Waals surface area (Å²) < 4.78 is 19.0. The van der Waals surface area contributed by atoms with E-state index < -0.39 is 6.67 Å². The summed E-state index contributed by atoms with van der Waals surface area (Å²) in [5, 5.41) is 0. The van der Waals surface area contributed by atoms with Gasteiger partial charge < -0.3 is 15.1 Å². The second-order valence-corrected chi connectivity index (χ2v) is 6.21. The van der Waals surface area contributed by atoms with Crippen molar-refractivity contribution in [2.45, 2.75) is 6.67 Å². The summed E-state index contributed by atoms with van der Waals surface area (Å²) in [6.45, 7) is -0.659. The van der Waals surface area contributed by atoms with Crippen LogP contribution < -0.4 is 5.73 Å². The first-order valence-electron chi connectivity index (χ1n) is 8.38. The molecule has 0 aliphatic heterocycles. The van der Waals surface area contributed by atoms with Crippen LogP contribution in [0, 0.1) is 0 Å². The van der Waals surface area contributed by atoms with Gasteiger partial charge in [-0.3, -0.25) is 0 Å². The number of imidazole rings is 1. The Kier molecular flexibility index (Phi) is 3.39. The number of halogens is 1. The van der Waals surface area contributed by atoms with Crippen molar-refractivity contribution in [3.05, 3.63) is 60.3 Å². The number of hydrogen-bond acceptors (Lipinski definition) is 5. The number of benzene rings is 2. The molecule has 0 amide bonds. The number of aromatic amines is 1. The van der Waals surface area contributed by atoms with Crippen LogP contribution in [0.2, 0.25) is 0 Å². The SMILES string of the molecule is Nc1ncc(-c2ccc3nc(-c4nc5ccccc5[nH]4)oc3c2)cc1CF. The number of nitrogens with zero attached hydrogens (tertiary/aromatic N) is 3. The van der Waals surface area contributed by atoms with Crippen LogP contribution in [0.25, 0.3) is 45.0 Å². The van der Waals surface area contributed by atoms with Crippen molar-refractivity contribution in [3.63, 3.8) is 0 Å². The van der Waals surface area contributed by atoms with E-state index in [9.17, 15) is 4.39 Å². The number of alkyl halides is 1. The van der Waals surface area contributed by atoms with Crippen LogP contribution in [0.4, 0.5) is 10.2 Å². The van der Waals surface area contributed by atoms with Crippen molar-refractivity contribution >= 4 is 28.0 Å². The first kappa shape index (κ1) is 15.5. The van der Waals surface area contributed by atoms with E-state index in [-0.39, 0.29) is 5.82 Å². The fourth-order valence-corrected chi connectivity index (χ4v) is 3.05. The van der Waals surface area contributed by atoms with E-state index >= 15 is 0 Å². The standard InChI is InChI=1S/C20H14FN5O/c21-9-12-7-13(10-23-18(12)22)11-5-6-16-17(8-11)27-20(26-16)19-24-14-3-1-2-4-15(14)25-19/h1-8,10H,9H2,(H2,22,23)(H,24,25). The van der Waals surface area contributed by atoms with E-state index in [0.29, 0.717) is 28.4 Å². The number of anilines is 1. The molecule has 5 rings (SSSR count). The zero-order chi connectivity index (χ0) is 18.4. The van der Waals surface area contributed by atoms with Crippen molar-refractivity contribution in [1.29, 1.82) is 0 Å². The van der Waals surface area contributed by atoms with Gasteiger partial charge in [-0.1, -0.05) is 18.2 Å². The highest BCUT2D eigenvalue weighted by molar-refractivity contribution is 5.83. The number of oxazole rings is 1. The fraction of sp³-hybridized carbons (Fsp3) is 0.0500. The number of pyridine rings is 1. The maximum Gasteiger partial charge on any atom is 0.264 e. The van der Waals surface area contributed by atoms with Gasteiger partial charge in [0.15, 0.2) is 11.4 Å². The molecule has 0 fully saturated rings. The highest BCUT2D eigenvalue weighted by atomic mass is 19.1. The summed E-state index contributed by atoms with van der Waals surface area (Å²) in [5.74, 6) is 1.19. The minimum Gasteiger partial charge on any atom is -0.434 e. The van der Waals surface area contributed by atoms with Crippen LogP contribution in [-0.4, -0.2) is 19.9 Å². The van der Waals surface area contributed by atoms with Gasteiger partial charge in [0.2, 0.25) is 0 Å². The molecule has 0 aliphatic carbocycles. The summed E-state index contributed by atoms with van der Waals surface area (Å²) in [6, 6.07) is 15.0. The van der Waals surface area contributed by atoms with E-state index in [1.807, 2.05) is 42.5 Å². The third-order valence-electron chi connectivity index (χ3n) is 4.46. The Morgan fingerprint density at radius 3 is 2.74 bits per heavy atom. The highest BCUT2D eigenvalue weighted by Crippen LogP contribution is 2.29. The van der Waals surface area contributed by atoms with Gasteiger partial charge in [0, 0.05) is 17.3 Å². The molecular formula is C20H14FN5O. The average Bonchev–Trinajstić information content (AvgIpc) is 3.31. The van der Waals surface area contributed by atoms with Crippen molar-refractivity contribution < 1.29 is 8.81 Å². The largest absolute Gasteiger partial charge is 0.434 e. The lowest BCUT2D eigenvalue weighted by atomic mass is 10.1. The second kappa shape index (κ2) is 5.91. The van der Waals surface area contributed by atoms with Crippen LogP contribution in [0.15, 0.2) is 59.1 Å². The van der Waals surface area contributed by atoms with E-state index in [2.05, 4.69) is 19.9 Å². The third kappa shape index (κ3) is 2.60. The quantitative estimate of drug-likeness (QED) is 0.495. The van der Waals surface area contributed by atoms with Crippen molar-refractivity contribution in [2.24, 2.45) is 0 Å². The Bertz CT molecular complexity index is 1260. The molecule has 2 aromatic carbocycles. The van der Waals surface area contributed by atoms with Gasteiger partial charge in [0.05, 0.1) is 11.0 Å². The maximum absolute atomic E-state index is 13.1.